The van der Waals surface area contributed by atoms with E-state index in [9.17, 15) is 4.57 Å². The van der Waals surface area contributed by atoms with E-state index in [1.807, 2.05) is 119 Å². The maximum Gasteiger partial charge on any atom is 0.258 e. The molecule has 1 N–H and O–H groups in total. The molecule has 0 aliphatic rings. The third-order valence-electron chi connectivity index (χ3n) is 5.36. The second kappa shape index (κ2) is 10.7. The van der Waals surface area contributed by atoms with Gasteiger partial charge in [0.05, 0.1) is 6.61 Å². The lowest BCUT2D eigenvalue weighted by Gasteiger charge is -2.30. The number of hydrogen-bond donors (Lipinski definition) is 1. The van der Waals surface area contributed by atoms with Crippen molar-refractivity contribution in [2.24, 2.45) is 0 Å². The van der Waals surface area contributed by atoms with Gasteiger partial charge in [0.25, 0.3) is 7.37 Å². The number of hydrogen-bond acceptors (Lipinski definition) is 5. The topological polar surface area (TPSA) is 44.8 Å². The predicted octanol–water partition coefficient (Wildman–Crippen LogP) is 5.96. The van der Waals surface area contributed by atoms with E-state index in [0.29, 0.717) is 11.9 Å². The largest absolute Gasteiger partial charge is 0.378 e. The fourth-order valence-corrected chi connectivity index (χ4v) is 5.99. The van der Waals surface area contributed by atoms with Gasteiger partial charge in [-0.1, -0.05) is 37.3 Å². The van der Waals surface area contributed by atoms with E-state index in [2.05, 4.69) is 10.2 Å². The van der Waals surface area contributed by atoms with Crippen LogP contribution >= 0.6 is 7.37 Å². The first kappa shape index (κ1) is 23.9. The zero-order chi connectivity index (χ0) is 23.1. The van der Waals surface area contributed by atoms with Crippen LogP contribution in [0.1, 0.15) is 24.7 Å². The Kier molecular flexibility index (Phi) is 8.00. The number of benzene rings is 3. The molecule has 32 heavy (non-hydrogen) atoms. The van der Waals surface area contributed by atoms with E-state index >= 15 is 0 Å². The van der Waals surface area contributed by atoms with Crippen molar-refractivity contribution in [1.29, 1.82) is 0 Å². The van der Waals surface area contributed by atoms with Crippen LogP contribution in [0.4, 0.5) is 17.1 Å². The fourth-order valence-electron chi connectivity index (χ4n) is 3.50. The minimum atomic E-state index is -3.32. The van der Waals surface area contributed by atoms with Gasteiger partial charge in [0.2, 0.25) is 0 Å². The van der Waals surface area contributed by atoms with Crippen molar-refractivity contribution in [3.8, 4) is 0 Å². The van der Waals surface area contributed by atoms with Crippen LogP contribution in [0.25, 0.3) is 0 Å². The Hall–Kier alpha value is -2.75. The summed E-state index contributed by atoms with van der Waals surface area (Å²) in [5, 5.41) is 4.23. The summed E-state index contributed by atoms with van der Waals surface area (Å²) in [7, 11) is 4.69. The molecule has 3 aromatic carbocycles. The number of nitrogens with zero attached hydrogens (tertiary/aromatic N) is 2. The van der Waals surface area contributed by atoms with Crippen molar-refractivity contribution in [2.75, 3.05) is 49.9 Å². The summed E-state index contributed by atoms with van der Waals surface area (Å²) >= 11 is 0. The van der Waals surface area contributed by atoms with Gasteiger partial charge in [-0.05, 0) is 60.5 Å². The summed E-state index contributed by atoms with van der Waals surface area (Å²) < 4.78 is 20.9. The zero-order valence-electron chi connectivity index (χ0n) is 19.7. The molecule has 3 aromatic rings. The molecule has 2 atom stereocenters. The lowest BCUT2D eigenvalue weighted by atomic mass is 10.2. The highest BCUT2D eigenvalue weighted by atomic mass is 31.2. The second-order valence-corrected chi connectivity index (χ2v) is 10.7. The van der Waals surface area contributed by atoms with E-state index in [0.717, 1.165) is 29.0 Å². The Morgan fingerprint density at radius 1 is 0.812 bits per heavy atom. The average molecular weight is 452 g/mol. The van der Waals surface area contributed by atoms with Gasteiger partial charge in [0.15, 0.2) is 0 Å². The van der Waals surface area contributed by atoms with Crippen molar-refractivity contribution < 1.29 is 9.09 Å². The summed E-state index contributed by atoms with van der Waals surface area (Å²) in [5.41, 5.74) is 3.97. The highest BCUT2D eigenvalue weighted by molar-refractivity contribution is 7.67. The Morgan fingerprint density at radius 2 is 1.34 bits per heavy atom. The summed E-state index contributed by atoms with van der Waals surface area (Å²) in [6.07, 6.45) is 0.789. The Balaban J connectivity index is 2.10. The Labute approximate surface area is 192 Å². The summed E-state index contributed by atoms with van der Waals surface area (Å²) in [4.78, 5) is 4.08. The molecule has 0 radical (unpaired) electrons. The van der Waals surface area contributed by atoms with Crippen molar-refractivity contribution in [2.45, 2.75) is 19.1 Å². The lowest BCUT2D eigenvalue weighted by molar-refractivity contribution is 0.315. The molecular formula is C26H34N3O2P. The molecular weight excluding hydrogens is 417 g/mol. The molecule has 3 rings (SSSR count). The van der Waals surface area contributed by atoms with Crippen LogP contribution in [0, 0.1) is 0 Å². The van der Waals surface area contributed by atoms with Gasteiger partial charge in [-0.15, -0.1) is 0 Å². The van der Waals surface area contributed by atoms with E-state index in [-0.39, 0.29) is 0 Å². The van der Waals surface area contributed by atoms with Crippen molar-refractivity contribution in [3.63, 3.8) is 0 Å². The number of rotatable bonds is 10. The fraction of sp³-hybridized carbons (Fsp3) is 0.308. The smallest absolute Gasteiger partial charge is 0.258 e. The van der Waals surface area contributed by atoms with Gasteiger partial charge in [-0.25, -0.2) is 0 Å². The van der Waals surface area contributed by atoms with E-state index < -0.39 is 13.2 Å². The third-order valence-corrected chi connectivity index (χ3v) is 8.05. The molecule has 0 unspecified atom stereocenters. The van der Waals surface area contributed by atoms with Crippen molar-refractivity contribution in [1.82, 2.24) is 0 Å². The highest BCUT2D eigenvalue weighted by Gasteiger charge is 2.38. The maximum absolute atomic E-state index is 14.7. The lowest BCUT2D eigenvalue weighted by Crippen LogP contribution is -2.21. The van der Waals surface area contributed by atoms with Gasteiger partial charge in [0.1, 0.15) is 5.78 Å². The van der Waals surface area contributed by atoms with Crippen LogP contribution in [-0.4, -0.2) is 34.8 Å². The van der Waals surface area contributed by atoms with Crippen molar-refractivity contribution >= 4 is 29.7 Å². The molecule has 0 aliphatic carbocycles. The first-order valence-electron chi connectivity index (χ1n) is 11.0. The zero-order valence-corrected chi connectivity index (χ0v) is 20.5. The first-order valence-corrected chi connectivity index (χ1v) is 12.7. The van der Waals surface area contributed by atoms with Crippen LogP contribution in [0.2, 0.25) is 0 Å². The predicted molar refractivity (Wildman–Crippen MR) is 138 cm³/mol. The normalized spacial score (nSPS) is 13.8. The Morgan fingerprint density at radius 3 is 1.84 bits per heavy atom. The van der Waals surface area contributed by atoms with Crippen LogP contribution in [0.15, 0.2) is 78.9 Å². The molecule has 0 fully saturated rings. The standard InChI is InChI=1S/C26H34N3O2P/c1-6-20-31-32(30,25-18-16-24(17-19-25)29(4)5)26(27-22-10-8-7-9-11-22)21-12-14-23(15-13-21)28(2)3/h7-19,26-27H,6,20H2,1-5H3/t26-,32-/m1/s1. The van der Waals surface area contributed by atoms with E-state index in [1.54, 1.807) is 0 Å². The quantitative estimate of drug-likeness (QED) is 0.385. The molecule has 0 saturated carbocycles. The maximum atomic E-state index is 14.7. The first-order chi connectivity index (χ1) is 15.3. The van der Waals surface area contributed by atoms with Crippen LogP contribution < -0.4 is 20.4 Å². The van der Waals surface area contributed by atoms with Gasteiger partial charge in [0, 0.05) is 50.6 Å². The van der Waals surface area contributed by atoms with Gasteiger partial charge < -0.3 is 19.6 Å². The summed E-state index contributed by atoms with van der Waals surface area (Å²) in [6.45, 7) is 2.46. The third kappa shape index (κ3) is 5.53. The summed E-state index contributed by atoms with van der Waals surface area (Å²) in [5.74, 6) is -0.516. The monoisotopic (exact) mass is 451 g/mol. The molecule has 0 amide bonds. The minimum absolute atomic E-state index is 0.426. The van der Waals surface area contributed by atoms with Crippen LogP contribution in [0.5, 0.6) is 0 Å². The Bertz CT molecular complexity index is 1020. The molecule has 0 saturated heterocycles. The average Bonchev–Trinajstić information content (AvgIpc) is 2.82. The number of para-hydroxylation sites is 1. The molecule has 170 valence electrons. The molecule has 6 heteroatoms. The molecule has 0 aromatic heterocycles. The SMILES string of the molecule is CCCO[P@](=O)(c1ccc(N(C)C)cc1)[C@@H](Nc1ccccc1)c1ccc(N(C)C)cc1. The number of anilines is 3. The molecule has 0 aliphatic heterocycles. The summed E-state index contributed by atoms with van der Waals surface area (Å²) in [6, 6.07) is 25.9. The van der Waals surface area contributed by atoms with E-state index in [1.165, 1.54) is 0 Å². The molecule has 0 heterocycles. The van der Waals surface area contributed by atoms with Gasteiger partial charge in [-0.3, -0.25) is 4.57 Å². The van der Waals surface area contributed by atoms with Crippen LogP contribution in [-0.2, 0) is 9.09 Å². The number of nitrogens with one attached hydrogen (secondary N) is 1. The molecule has 0 bridgehead atoms. The second-order valence-electron chi connectivity index (χ2n) is 8.24. The molecule has 0 spiro atoms. The minimum Gasteiger partial charge on any atom is -0.378 e. The highest BCUT2D eigenvalue weighted by Crippen LogP contribution is 2.59. The molecule has 5 nitrogen and oxygen atoms in total. The van der Waals surface area contributed by atoms with Gasteiger partial charge >= 0.3 is 0 Å². The van der Waals surface area contributed by atoms with E-state index in [4.69, 9.17) is 4.52 Å². The van der Waals surface area contributed by atoms with Crippen molar-refractivity contribution in [3.05, 3.63) is 84.4 Å². The van der Waals surface area contributed by atoms with Gasteiger partial charge in [-0.2, -0.15) is 0 Å². The van der Waals surface area contributed by atoms with Crippen LogP contribution in [0.3, 0.4) is 0 Å².